The molecule has 1 N–H and O–H groups in total. The topological polar surface area (TPSA) is 30.5 Å². The normalized spacial score (nSPS) is 22.7. The van der Waals surface area contributed by atoms with Gasteiger partial charge >= 0.3 is 0 Å². The summed E-state index contributed by atoms with van der Waals surface area (Å²) in [5.74, 6) is 0.890. The summed E-state index contributed by atoms with van der Waals surface area (Å²) in [4.78, 5) is 0. The minimum Gasteiger partial charge on any atom is -0.497 e. The molecule has 1 aliphatic heterocycles. The van der Waals surface area contributed by atoms with Crippen LogP contribution in [0.4, 0.5) is 0 Å². The van der Waals surface area contributed by atoms with Gasteiger partial charge in [0.25, 0.3) is 0 Å². The first-order valence-electron chi connectivity index (χ1n) is 6.57. The lowest BCUT2D eigenvalue weighted by atomic mass is 9.82. The van der Waals surface area contributed by atoms with E-state index in [0.717, 1.165) is 25.3 Å². The van der Waals surface area contributed by atoms with E-state index in [1.54, 1.807) is 7.11 Å². The molecule has 1 saturated heterocycles. The fourth-order valence-corrected chi connectivity index (χ4v) is 2.42. The highest BCUT2D eigenvalue weighted by atomic mass is 16.5. The number of piperidine rings is 1. The molecule has 0 bridgehead atoms. The van der Waals surface area contributed by atoms with Gasteiger partial charge in [0.05, 0.1) is 19.8 Å². The molecular formula is C15H23NO2. The second-order valence-corrected chi connectivity index (χ2v) is 5.61. The highest BCUT2D eigenvalue weighted by molar-refractivity contribution is 5.27. The van der Waals surface area contributed by atoms with E-state index in [1.807, 2.05) is 18.2 Å². The van der Waals surface area contributed by atoms with Gasteiger partial charge < -0.3 is 14.8 Å². The van der Waals surface area contributed by atoms with E-state index in [-0.39, 0.29) is 5.41 Å². The molecule has 100 valence electrons. The van der Waals surface area contributed by atoms with E-state index >= 15 is 0 Å². The number of benzene rings is 1. The molecule has 0 radical (unpaired) electrons. The Morgan fingerprint density at radius 3 is 2.94 bits per heavy atom. The van der Waals surface area contributed by atoms with Crippen molar-refractivity contribution < 1.29 is 9.47 Å². The average Bonchev–Trinajstić information content (AvgIpc) is 2.37. The van der Waals surface area contributed by atoms with Crippen LogP contribution in [0.25, 0.3) is 0 Å². The van der Waals surface area contributed by atoms with Gasteiger partial charge in [0, 0.05) is 12.0 Å². The summed E-state index contributed by atoms with van der Waals surface area (Å²) in [6, 6.07) is 8.08. The summed E-state index contributed by atoms with van der Waals surface area (Å²) in [7, 11) is 1.69. The van der Waals surface area contributed by atoms with Crippen LogP contribution in [0, 0.1) is 5.41 Å². The van der Waals surface area contributed by atoms with Crippen LogP contribution in [0.2, 0.25) is 0 Å². The molecule has 0 saturated carbocycles. The fourth-order valence-electron chi connectivity index (χ4n) is 2.42. The van der Waals surface area contributed by atoms with Crippen LogP contribution in [0.3, 0.4) is 0 Å². The van der Waals surface area contributed by atoms with Crippen molar-refractivity contribution in [2.24, 2.45) is 5.41 Å². The Balaban J connectivity index is 1.94. The van der Waals surface area contributed by atoms with Crippen molar-refractivity contribution in [1.29, 1.82) is 0 Å². The highest BCUT2D eigenvalue weighted by Crippen LogP contribution is 2.28. The van der Waals surface area contributed by atoms with Gasteiger partial charge in [-0.2, -0.15) is 0 Å². The molecule has 1 aromatic rings. The first-order valence-corrected chi connectivity index (χ1v) is 6.57. The van der Waals surface area contributed by atoms with Crippen molar-refractivity contribution in [3.63, 3.8) is 0 Å². The predicted octanol–water partition coefficient (Wildman–Crippen LogP) is 2.60. The second kappa shape index (κ2) is 5.72. The summed E-state index contributed by atoms with van der Waals surface area (Å²) in [6.45, 7) is 7.25. The van der Waals surface area contributed by atoms with Gasteiger partial charge in [-0.05, 0) is 30.7 Å². The third-order valence-electron chi connectivity index (χ3n) is 3.62. The zero-order valence-corrected chi connectivity index (χ0v) is 11.5. The highest BCUT2D eigenvalue weighted by Gasteiger charge is 2.32. The van der Waals surface area contributed by atoms with Crippen molar-refractivity contribution in [3.05, 3.63) is 29.8 Å². The Labute approximate surface area is 109 Å². The molecule has 18 heavy (non-hydrogen) atoms. The maximum Gasteiger partial charge on any atom is 0.119 e. The van der Waals surface area contributed by atoms with Crippen LogP contribution in [0.5, 0.6) is 5.75 Å². The Kier molecular flexibility index (Phi) is 4.25. The largest absolute Gasteiger partial charge is 0.497 e. The van der Waals surface area contributed by atoms with Crippen LogP contribution in [0.15, 0.2) is 24.3 Å². The van der Waals surface area contributed by atoms with E-state index in [1.165, 1.54) is 5.56 Å². The summed E-state index contributed by atoms with van der Waals surface area (Å²) in [5.41, 5.74) is 1.38. The minimum absolute atomic E-state index is 0.205. The van der Waals surface area contributed by atoms with Gasteiger partial charge in [0.2, 0.25) is 0 Å². The van der Waals surface area contributed by atoms with Crippen molar-refractivity contribution in [1.82, 2.24) is 5.32 Å². The summed E-state index contributed by atoms with van der Waals surface area (Å²) >= 11 is 0. The molecule has 2 rings (SSSR count). The standard InChI is InChI=1S/C15H23NO2/c1-15(2)11-16-8-7-14(15)18-10-12-5-4-6-13(9-12)17-3/h4-6,9,14,16H,7-8,10-11H2,1-3H3. The number of nitrogens with one attached hydrogen (secondary N) is 1. The van der Waals surface area contributed by atoms with E-state index in [0.29, 0.717) is 12.7 Å². The van der Waals surface area contributed by atoms with E-state index in [2.05, 4.69) is 25.2 Å². The lowest BCUT2D eigenvalue weighted by molar-refractivity contribution is -0.0520. The monoisotopic (exact) mass is 249 g/mol. The quantitative estimate of drug-likeness (QED) is 0.889. The molecule has 0 spiro atoms. The number of methoxy groups -OCH3 is 1. The summed E-state index contributed by atoms with van der Waals surface area (Å²) in [5, 5.41) is 3.42. The lowest BCUT2D eigenvalue weighted by Crippen LogP contribution is -2.47. The van der Waals surface area contributed by atoms with E-state index < -0.39 is 0 Å². The Bertz CT molecular complexity index is 390. The summed E-state index contributed by atoms with van der Waals surface area (Å²) in [6.07, 6.45) is 1.40. The van der Waals surface area contributed by atoms with Gasteiger partial charge in [0.15, 0.2) is 0 Å². The first kappa shape index (κ1) is 13.4. The SMILES string of the molecule is COc1cccc(COC2CCNCC2(C)C)c1. The Hall–Kier alpha value is -1.06. The minimum atomic E-state index is 0.205. The second-order valence-electron chi connectivity index (χ2n) is 5.61. The number of hydrogen-bond donors (Lipinski definition) is 1. The summed E-state index contributed by atoms with van der Waals surface area (Å²) < 4.78 is 11.3. The molecule has 1 unspecified atom stereocenters. The van der Waals surface area contributed by atoms with Crippen molar-refractivity contribution in [2.45, 2.75) is 33.0 Å². The average molecular weight is 249 g/mol. The van der Waals surface area contributed by atoms with Crippen LogP contribution < -0.4 is 10.1 Å². The zero-order valence-electron chi connectivity index (χ0n) is 11.5. The maximum atomic E-state index is 6.09. The molecule has 1 heterocycles. The van der Waals surface area contributed by atoms with Crippen LogP contribution in [0.1, 0.15) is 25.8 Å². The Morgan fingerprint density at radius 2 is 2.22 bits per heavy atom. The zero-order chi connectivity index (χ0) is 13.0. The Morgan fingerprint density at radius 1 is 1.39 bits per heavy atom. The molecule has 1 atom stereocenters. The third-order valence-corrected chi connectivity index (χ3v) is 3.62. The van der Waals surface area contributed by atoms with Gasteiger partial charge in [0.1, 0.15) is 5.75 Å². The van der Waals surface area contributed by atoms with Crippen LogP contribution >= 0.6 is 0 Å². The molecule has 0 aromatic heterocycles. The molecular weight excluding hydrogens is 226 g/mol. The van der Waals surface area contributed by atoms with Crippen molar-refractivity contribution in [3.8, 4) is 5.75 Å². The van der Waals surface area contributed by atoms with Gasteiger partial charge in [-0.25, -0.2) is 0 Å². The molecule has 1 aliphatic rings. The number of rotatable bonds is 4. The fraction of sp³-hybridized carbons (Fsp3) is 0.600. The maximum absolute atomic E-state index is 6.09. The van der Waals surface area contributed by atoms with Gasteiger partial charge in [-0.1, -0.05) is 26.0 Å². The number of ether oxygens (including phenoxy) is 2. The third kappa shape index (κ3) is 3.24. The van der Waals surface area contributed by atoms with Crippen molar-refractivity contribution >= 4 is 0 Å². The smallest absolute Gasteiger partial charge is 0.119 e. The molecule has 1 aromatic carbocycles. The molecule has 3 nitrogen and oxygen atoms in total. The van der Waals surface area contributed by atoms with Crippen molar-refractivity contribution in [2.75, 3.05) is 20.2 Å². The predicted molar refractivity (Wildman–Crippen MR) is 72.8 cm³/mol. The van der Waals surface area contributed by atoms with E-state index in [4.69, 9.17) is 9.47 Å². The molecule has 3 heteroatoms. The van der Waals surface area contributed by atoms with Crippen LogP contribution in [-0.2, 0) is 11.3 Å². The number of hydrogen-bond acceptors (Lipinski definition) is 3. The van der Waals surface area contributed by atoms with Gasteiger partial charge in [-0.15, -0.1) is 0 Å². The van der Waals surface area contributed by atoms with E-state index in [9.17, 15) is 0 Å². The van der Waals surface area contributed by atoms with Crippen LogP contribution in [-0.4, -0.2) is 26.3 Å². The van der Waals surface area contributed by atoms with Gasteiger partial charge in [-0.3, -0.25) is 0 Å². The lowest BCUT2D eigenvalue weighted by Gasteiger charge is -2.38. The molecule has 0 aliphatic carbocycles. The first-order chi connectivity index (χ1) is 8.62. The molecule has 0 amide bonds. The molecule has 1 fully saturated rings.